The van der Waals surface area contributed by atoms with Gasteiger partial charge in [0.25, 0.3) is 0 Å². The topological polar surface area (TPSA) is 67.7 Å². The molecule has 0 aliphatic carbocycles. The first-order chi connectivity index (χ1) is 11.6. The summed E-state index contributed by atoms with van der Waals surface area (Å²) in [6, 6.07) is 6.04. The minimum atomic E-state index is -0.598. The normalized spacial score (nSPS) is 10.6. The second kappa shape index (κ2) is 7.03. The summed E-state index contributed by atoms with van der Waals surface area (Å²) in [6.07, 6.45) is 4.30. The van der Waals surface area contributed by atoms with Crippen molar-refractivity contribution in [2.75, 3.05) is 10.6 Å². The minimum Gasteiger partial charge on any atom is -0.363 e. The van der Waals surface area contributed by atoms with E-state index in [0.29, 0.717) is 11.3 Å². The maximum Gasteiger partial charge on any atom is 0.229 e. The standard InChI is InChI=1S/C16H14F2N6/c1-2-24-10-13(8-21-24)22-16-20-9-14(18)15(23-16)19-7-11-4-3-5-12(17)6-11/h2-6,8-10H,1,7H2,(H2,19,20,22,23). The smallest absolute Gasteiger partial charge is 0.229 e. The average molecular weight is 328 g/mol. The van der Waals surface area contributed by atoms with Gasteiger partial charge in [0.15, 0.2) is 11.6 Å². The maximum absolute atomic E-state index is 13.8. The second-order valence-corrected chi connectivity index (χ2v) is 4.89. The molecule has 2 N–H and O–H groups in total. The van der Waals surface area contributed by atoms with Crippen LogP contribution in [0.5, 0.6) is 0 Å². The Morgan fingerprint density at radius 3 is 2.88 bits per heavy atom. The second-order valence-electron chi connectivity index (χ2n) is 4.89. The molecule has 8 heteroatoms. The van der Waals surface area contributed by atoms with E-state index in [0.717, 1.165) is 6.20 Å². The van der Waals surface area contributed by atoms with Gasteiger partial charge < -0.3 is 10.6 Å². The molecule has 3 rings (SSSR count). The molecule has 0 saturated carbocycles. The number of benzene rings is 1. The van der Waals surface area contributed by atoms with Crippen molar-refractivity contribution in [2.24, 2.45) is 0 Å². The van der Waals surface area contributed by atoms with Gasteiger partial charge in [0.05, 0.1) is 24.6 Å². The predicted octanol–water partition coefficient (Wildman–Crippen LogP) is 3.15. The van der Waals surface area contributed by atoms with Gasteiger partial charge in [0.2, 0.25) is 5.95 Å². The number of anilines is 3. The van der Waals surface area contributed by atoms with E-state index in [1.165, 1.54) is 23.4 Å². The largest absolute Gasteiger partial charge is 0.363 e. The number of nitrogens with zero attached hydrogens (tertiary/aromatic N) is 4. The summed E-state index contributed by atoms with van der Waals surface area (Å²) in [6.45, 7) is 5.36. The molecular formula is C16H14F2N6. The van der Waals surface area contributed by atoms with E-state index in [1.807, 2.05) is 0 Å². The summed E-state index contributed by atoms with van der Waals surface area (Å²) in [7, 11) is 0. The Balaban J connectivity index is 1.71. The van der Waals surface area contributed by atoms with E-state index in [1.54, 1.807) is 24.5 Å². The van der Waals surface area contributed by atoms with Crippen LogP contribution in [0.1, 0.15) is 5.56 Å². The lowest BCUT2D eigenvalue weighted by Crippen LogP contribution is -2.07. The summed E-state index contributed by atoms with van der Waals surface area (Å²) in [5.41, 5.74) is 1.31. The third-order valence-electron chi connectivity index (χ3n) is 3.14. The lowest BCUT2D eigenvalue weighted by atomic mass is 10.2. The van der Waals surface area contributed by atoms with E-state index in [4.69, 9.17) is 0 Å². The molecule has 0 aliphatic heterocycles. The molecule has 0 bridgehead atoms. The summed E-state index contributed by atoms with van der Waals surface area (Å²) >= 11 is 0. The van der Waals surface area contributed by atoms with E-state index in [9.17, 15) is 8.78 Å². The van der Waals surface area contributed by atoms with Gasteiger partial charge in [-0.2, -0.15) is 10.1 Å². The first-order valence-corrected chi connectivity index (χ1v) is 7.08. The van der Waals surface area contributed by atoms with Gasteiger partial charge in [-0.25, -0.2) is 13.8 Å². The first-order valence-electron chi connectivity index (χ1n) is 7.08. The Labute approximate surface area is 137 Å². The van der Waals surface area contributed by atoms with Gasteiger partial charge in [-0.1, -0.05) is 12.1 Å². The van der Waals surface area contributed by atoms with Crippen LogP contribution in [0.15, 0.2) is 42.9 Å². The van der Waals surface area contributed by atoms with Crippen molar-refractivity contribution in [2.45, 2.75) is 6.54 Å². The zero-order valence-electron chi connectivity index (χ0n) is 12.6. The van der Waals surface area contributed by atoms with E-state index >= 15 is 0 Å². The van der Waals surface area contributed by atoms with Gasteiger partial charge >= 0.3 is 0 Å². The molecule has 0 aliphatic rings. The number of rotatable bonds is 6. The molecule has 0 spiro atoms. The Kier molecular flexibility index (Phi) is 4.64. The maximum atomic E-state index is 13.8. The molecule has 0 amide bonds. The summed E-state index contributed by atoms with van der Waals surface area (Å²) in [5, 5.41) is 9.75. The van der Waals surface area contributed by atoms with Crippen LogP contribution in [-0.2, 0) is 6.54 Å². The highest BCUT2D eigenvalue weighted by molar-refractivity contribution is 5.53. The van der Waals surface area contributed by atoms with Crippen LogP contribution in [0.4, 0.5) is 26.2 Å². The van der Waals surface area contributed by atoms with Gasteiger partial charge in [-0.3, -0.25) is 4.68 Å². The van der Waals surface area contributed by atoms with Crippen molar-refractivity contribution in [3.8, 4) is 0 Å². The van der Waals surface area contributed by atoms with E-state index < -0.39 is 5.82 Å². The number of halogens is 2. The van der Waals surface area contributed by atoms with Crippen LogP contribution >= 0.6 is 0 Å². The van der Waals surface area contributed by atoms with Crippen LogP contribution in [-0.4, -0.2) is 19.7 Å². The monoisotopic (exact) mass is 328 g/mol. The van der Waals surface area contributed by atoms with Crippen LogP contribution in [0.3, 0.4) is 0 Å². The van der Waals surface area contributed by atoms with Gasteiger partial charge in [-0.15, -0.1) is 0 Å². The molecule has 2 aromatic heterocycles. The fraction of sp³-hybridized carbons (Fsp3) is 0.0625. The highest BCUT2D eigenvalue weighted by Gasteiger charge is 2.08. The fourth-order valence-electron chi connectivity index (χ4n) is 2.02. The molecule has 1 aromatic carbocycles. The van der Waals surface area contributed by atoms with Gasteiger partial charge in [-0.05, 0) is 24.6 Å². The van der Waals surface area contributed by atoms with Crippen molar-refractivity contribution in [3.63, 3.8) is 0 Å². The van der Waals surface area contributed by atoms with Crippen LogP contribution in [0, 0.1) is 25.1 Å². The van der Waals surface area contributed by atoms with Crippen molar-refractivity contribution in [3.05, 3.63) is 73.5 Å². The Bertz CT molecular complexity index is 833. The number of hydrogen-bond donors (Lipinski definition) is 2. The quantitative estimate of drug-likeness (QED) is 0.727. The number of hydrogen-bond acceptors (Lipinski definition) is 5. The van der Waals surface area contributed by atoms with Crippen LogP contribution in [0.2, 0.25) is 0 Å². The fourth-order valence-corrected chi connectivity index (χ4v) is 2.02. The molecule has 0 atom stereocenters. The van der Waals surface area contributed by atoms with Crippen LogP contribution < -0.4 is 10.6 Å². The Morgan fingerprint density at radius 2 is 2.12 bits per heavy atom. The molecule has 6 nitrogen and oxygen atoms in total. The summed E-state index contributed by atoms with van der Waals surface area (Å²) in [5.74, 6) is -0.715. The molecule has 3 aromatic rings. The third-order valence-corrected chi connectivity index (χ3v) is 3.14. The van der Waals surface area contributed by atoms with Crippen molar-refractivity contribution in [1.29, 1.82) is 0 Å². The highest BCUT2D eigenvalue weighted by atomic mass is 19.1. The molecule has 122 valence electrons. The minimum absolute atomic E-state index is 0.0212. The Hall–Kier alpha value is -3.03. The lowest BCUT2D eigenvalue weighted by Gasteiger charge is -2.09. The SMILES string of the molecule is [CH2][CH]n1cc(Nc2ncc(F)c(NCc3cccc(F)c3)n2)cn1. The molecule has 0 fully saturated rings. The molecule has 0 unspecified atom stereocenters. The van der Waals surface area contributed by atoms with E-state index in [-0.39, 0.29) is 24.1 Å². The van der Waals surface area contributed by atoms with Gasteiger partial charge in [0, 0.05) is 12.7 Å². The average Bonchev–Trinajstić information content (AvgIpc) is 3.03. The highest BCUT2D eigenvalue weighted by Crippen LogP contribution is 2.17. The predicted molar refractivity (Wildman–Crippen MR) is 86.3 cm³/mol. The molecule has 24 heavy (non-hydrogen) atoms. The summed E-state index contributed by atoms with van der Waals surface area (Å²) < 4.78 is 28.5. The number of aromatic nitrogens is 4. The Morgan fingerprint density at radius 1 is 1.25 bits per heavy atom. The van der Waals surface area contributed by atoms with E-state index in [2.05, 4.69) is 32.6 Å². The number of nitrogens with one attached hydrogen (secondary N) is 2. The molecular weight excluding hydrogens is 314 g/mol. The van der Waals surface area contributed by atoms with Crippen molar-refractivity contribution < 1.29 is 8.78 Å². The first kappa shape index (κ1) is 15.9. The van der Waals surface area contributed by atoms with Crippen LogP contribution in [0.25, 0.3) is 0 Å². The summed E-state index contributed by atoms with van der Waals surface area (Å²) in [4.78, 5) is 7.95. The van der Waals surface area contributed by atoms with Gasteiger partial charge in [0.1, 0.15) is 5.82 Å². The zero-order valence-corrected chi connectivity index (χ0v) is 12.6. The zero-order chi connectivity index (χ0) is 16.9. The van der Waals surface area contributed by atoms with Crippen molar-refractivity contribution >= 4 is 17.5 Å². The van der Waals surface area contributed by atoms with Crippen molar-refractivity contribution in [1.82, 2.24) is 19.7 Å². The molecule has 0 saturated heterocycles. The molecule has 2 heterocycles. The third kappa shape index (κ3) is 3.83. The molecule has 2 radical (unpaired) electrons. The lowest BCUT2D eigenvalue weighted by molar-refractivity contribution is 0.617.